The third-order valence-electron chi connectivity index (χ3n) is 3.98. The van der Waals surface area contributed by atoms with Gasteiger partial charge in [-0.15, -0.1) is 0 Å². The van der Waals surface area contributed by atoms with E-state index in [0.717, 1.165) is 6.04 Å². The maximum atomic E-state index is 5.88. The third kappa shape index (κ3) is 1.74. The summed E-state index contributed by atoms with van der Waals surface area (Å²) < 4.78 is 0. The maximum absolute atomic E-state index is 5.88. The van der Waals surface area contributed by atoms with Crippen LogP contribution in [0.15, 0.2) is 24.5 Å². The fraction of sp³-hybridized carbons (Fsp3) is 0.615. The van der Waals surface area contributed by atoms with Crippen molar-refractivity contribution in [1.82, 2.24) is 9.88 Å². The van der Waals surface area contributed by atoms with Gasteiger partial charge in [0.2, 0.25) is 0 Å². The molecule has 1 aliphatic carbocycles. The molecule has 0 spiro atoms. The molecule has 0 radical (unpaired) electrons. The van der Waals surface area contributed by atoms with Gasteiger partial charge in [0.25, 0.3) is 0 Å². The maximum Gasteiger partial charge on any atom is 0.0366 e. The Bertz CT molecular complexity index is 345. The highest BCUT2D eigenvalue weighted by Gasteiger charge is 2.37. The summed E-state index contributed by atoms with van der Waals surface area (Å²) in [6.45, 7) is 1.23. The molecule has 0 bridgehead atoms. The molecule has 1 aromatic rings. The summed E-state index contributed by atoms with van der Waals surface area (Å²) >= 11 is 0. The number of aromatic nitrogens is 1. The number of likely N-dealkylation sites (tertiary alicyclic amines) is 1. The van der Waals surface area contributed by atoms with Gasteiger partial charge in [0.05, 0.1) is 0 Å². The normalized spacial score (nSPS) is 34.9. The van der Waals surface area contributed by atoms with Crippen LogP contribution < -0.4 is 5.73 Å². The highest BCUT2D eigenvalue weighted by molar-refractivity contribution is 5.16. The summed E-state index contributed by atoms with van der Waals surface area (Å²) in [6, 6.07) is 6.00. The van der Waals surface area contributed by atoms with Gasteiger partial charge in [-0.2, -0.15) is 0 Å². The van der Waals surface area contributed by atoms with E-state index in [1.165, 1.54) is 37.8 Å². The van der Waals surface area contributed by atoms with Gasteiger partial charge in [0.1, 0.15) is 0 Å². The van der Waals surface area contributed by atoms with Crippen LogP contribution in [0.4, 0.5) is 0 Å². The van der Waals surface area contributed by atoms with Crippen LogP contribution in [-0.4, -0.2) is 28.5 Å². The summed E-state index contributed by atoms with van der Waals surface area (Å²) in [4.78, 5) is 6.87. The van der Waals surface area contributed by atoms with E-state index in [2.05, 4.69) is 16.0 Å². The van der Waals surface area contributed by atoms with Crippen molar-refractivity contribution < 1.29 is 0 Å². The second kappa shape index (κ2) is 4.15. The van der Waals surface area contributed by atoms with Gasteiger partial charge in [0, 0.05) is 30.5 Å². The Labute approximate surface area is 96.7 Å². The first kappa shape index (κ1) is 10.2. The van der Waals surface area contributed by atoms with Crippen molar-refractivity contribution in [2.24, 2.45) is 5.73 Å². The third-order valence-corrected chi connectivity index (χ3v) is 3.98. The second-order valence-corrected chi connectivity index (χ2v) is 5.07. The van der Waals surface area contributed by atoms with E-state index in [1.54, 1.807) is 0 Å². The second-order valence-electron chi connectivity index (χ2n) is 5.07. The van der Waals surface area contributed by atoms with E-state index in [-0.39, 0.29) is 0 Å². The lowest BCUT2D eigenvalue weighted by molar-refractivity contribution is 0.0980. The van der Waals surface area contributed by atoms with Crippen molar-refractivity contribution in [3.8, 4) is 0 Å². The number of hydrogen-bond donors (Lipinski definition) is 1. The van der Waals surface area contributed by atoms with E-state index in [9.17, 15) is 0 Å². The van der Waals surface area contributed by atoms with Crippen molar-refractivity contribution in [1.29, 1.82) is 0 Å². The van der Waals surface area contributed by atoms with E-state index < -0.39 is 0 Å². The summed E-state index contributed by atoms with van der Waals surface area (Å²) in [7, 11) is 0. The van der Waals surface area contributed by atoms with Crippen LogP contribution in [-0.2, 0) is 0 Å². The van der Waals surface area contributed by atoms with Crippen LogP contribution >= 0.6 is 0 Å². The van der Waals surface area contributed by atoms with Crippen molar-refractivity contribution in [2.45, 2.75) is 43.8 Å². The Morgan fingerprint density at radius 2 is 2.25 bits per heavy atom. The zero-order valence-electron chi connectivity index (χ0n) is 9.55. The van der Waals surface area contributed by atoms with Crippen molar-refractivity contribution >= 4 is 0 Å². The standard InChI is InChI=1S/C13H19N3/c14-11-7-12(8-11)16-6-2-4-13(16)10-3-1-5-15-9-10/h1,3,5,9,11-13H,2,4,6-8,14H2. The number of nitrogens with zero attached hydrogens (tertiary/aromatic N) is 2. The number of rotatable bonds is 2. The Hall–Kier alpha value is -0.930. The predicted octanol–water partition coefficient (Wildman–Crippen LogP) is 1.71. The summed E-state index contributed by atoms with van der Waals surface area (Å²) in [5.41, 5.74) is 7.26. The van der Waals surface area contributed by atoms with Crippen LogP contribution in [0.2, 0.25) is 0 Å². The van der Waals surface area contributed by atoms with Crippen molar-refractivity contribution in [2.75, 3.05) is 6.54 Å². The van der Waals surface area contributed by atoms with Crippen LogP contribution in [0.3, 0.4) is 0 Å². The zero-order chi connectivity index (χ0) is 11.0. The van der Waals surface area contributed by atoms with Gasteiger partial charge < -0.3 is 5.73 Å². The smallest absolute Gasteiger partial charge is 0.0366 e. The van der Waals surface area contributed by atoms with Crippen molar-refractivity contribution in [3.63, 3.8) is 0 Å². The quantitative estimate of drug-likeness (QED) is 0.820. The minimum Gasteiger partial charge on any atom is -0.328 e. The van der Waals surface area contributed by atoms with Gasteiger partial charge in [-0.25, -0.2) is 0 Å². The highest BCUT2D eigenvalue weighted by atomic mass is 15.2. The molecule has 16 heavy (non-hydrogen) atoms. The van der Waals surface area contributed by atoms with Crippen LogP contribution in [0.5, 0.6) is 0 Å². The average molecular weight is 217 g/mol. The summed E-state index contributed by atoms with van der Waals surface area (Å²) in [6.07, 6.45) is 8.81. The number of hydrogen-bond acceptors (Lipinski definition) is 3. The fourth-order valence-corrected chi connectivity index (χ4v) is 3.06. The van der Waals surface area contributed by atoms with Gasteiger partial charge in [-0.3, -0.25) is 9.88 Å². The Morgan fingerprint density at radius 3 is 2.94 bits per heavy atom. The molecule has 2 N–H and O–H groups in total. The molecule has 3 rings (SSSR count). The van der Waals surface area contributed by atoms with Gasteiger partial charge in [-0.05, 0) is 43.9 Å². The molecule has 3 heteroatoms. The molecule has 2 heterocycles. The number of pyridine rings is 1. The van der Waals surface area contributed by atoms with Gasteiger partial charge in [0.15, 0.2) is 0 Å². The Morgan fingerprint density at radius 1 is 1.38 bits per heavy atom. The minimum absolute atomic E-state index is 0.445. The highest BCUT2D eigenvalue weighted by Crippen LogP contribution is 2.38. The van der Waals surface area contributed by atoms with Gasteiger partial charge in [-0.1, -0.05) is 6.07 Å². The van der Waals surface area contributed by atoms with E-state index in [4.69, 9.17) is 5.73 Å². The SMILES string of the molecule is NC1CC(N2CCCC2c2cccnc2)C1. The lowest BCUT2D eigenvalue weighted by Crippen LogP contribution is -2.50. The van der Waals surface area contributed by atoms with Crippen LogP contribution in [0.1, 0.15) is 37.3 Å². The van der Waals surface area contributed by atoms with E-state index in [0.29, 0.717) is 12.1 Å². The molecule has 86 valence electrons. The van der Waals surface area contributed by atoms with E-state index in [1.807, 2.05) is 18.5 Å². The summed E-state index contributed by atoms with van der Waals surface area (Å²) in [5, 5.41) is 0. The Kier molecular flexibility index (Phi) is 2.65. The lowest BCUT2D eigenvalue weighted by Gasteiger charge is -2.42. The fourth-order valence-electron chi connectivity index (χ4n) is 3.06. The molecule has 1 saturated heterocycles. The number of nitrogens with two attached hydrogens (primary N) is 1. The van der Waals surface area contributed by atoms with Crippen molar-refractivity contribution in [3.05, 3.63) is 30.1 Å². The van der Waals surface area contributed by atoms with Crippen LogP contribution in [0.25, 0.3) is 0 Å². The molecule has 0 aromatic carbocycles. The first-order valence-electron chi connectivity index (χ1n) is 6.26. The van der Waals surface area contributed by atoms with Gasteiger partial charge >= 0.3 is 0 Å². The minimum atomic E-state index is 0.445. The monoisotopic (exact) mass is 217 g/mol. The molecule has 1 aromatic heterocycles. The zero-order valence-corrected chi connectivity index (χ0v) is 9.55. The predicted molar refractivity (Wildman–Crippen MR) is 63.9 cm³/mol. The van der Waals surface area contributed by atoms with Crippen LogP contribution in [0, 0.1) is 0 Å². The molecular weight excluding hydrogens is 198 g/mol. The first-order valence-corrected chi connectivity index (χ1v) is 6.26. The topological polar surface area (TPSA) is 42.1 Å². The average Bonchev–Trinajstić information content (AvgIpc) is 2.74. The van der Waals surface area contributed by atoms with E-state index >= 15 is 0 Å². The molecule has 3 nitrogen and oxygen atoms in total. The molecular formula is C13H19N3. The molecule has 2 fully saturated rings. The molecule has 1 saturated carbocycles. The first-order chi connectivity index (χ1) is 7.84. The molecule has 1 aliphatic heterocycles. The summed E-state index contributed by atoms with van der Waals surface area (Å²) in [5.74, 6) is 0. The lowest BCUT2D eigenvalue weighted by atomic mass is 9.85. The molecule has 0 amide bonds. The molecule has 1 unspecified atom stereocenters. The molecule has 2 aliphatic rings. The molecule has 1 atom stereocenters. The Balaban J connectivity index is 1.74. The largest absolute Gasteiger partial charge is 0.328 e.